The first-order chi connectivity index (χ1) is 10.2. The van der Waals surface area contributed by atoms with Crippen LogP contribution in [0, 0.1) is 0 Å². The molecule has 0 radical (unpaired) electrons. The number of hydrogen-bond acceptors (Lipinski definition) is 2. The fourth-order valence-electron chi connectivity index (χ4n) is 3.35. The van der Waals surface area contributed by atoms with Crippen molar-refractivity contribution < 1.29 is 4.74 Å². The fourth-order valence-corrected chi connectivity index (χ4v) is 3.55. The van der Waals surface area contributed by atoms with Gasteiger partial charge in [-0.1, -0.05) is 41.9 Å². The molecule has 3 heteroatoms. The van der Waals surface area contributed by atoms with Crippen molar-refractivity contribution >= 4 is 11.6 Å². The molecule has 0 amide bonds. The number of halogens is 1. The predicted octanol–water partition coefficient (Wildman–Crippen LogP) is 4.01. The van der Waals surface area contributed by atoms with Crippen LogP contribution in [0.5, 0.6) is 5.75 Å². The Morgan fingerprint density at radius 3 is 2.76 bits per heavy atom. The highest BCUT2D eigenvalue weighted by Crippen LogP contribution is 2.39. The van der Waals surface area contributed by atoms with Crippen LogP contribution in [0.3, 0.4) is 0 Å². The molecule has 1 aliphatic rings. The van der Waals surface area contributed by atoms with E-state index in [1.54, 1.807) is 7.11 Å². The van der Waals surface area contributed by atoms with E-state index in [0.717, 1.165) is 18.6 Å². The van der Waals surface area contributed by atoms with Crippen LogP contribution in [0.25, 0.3) is 0 Å². The molecule has 110 valence electrons. The number of likely N-dealkylation sites (N-methyl/N-ethyl adjacent to an activating group) is 1. The van der Waals surface area contributed by atoms with Crippen molar-refractivity contribution in [2.24, 2.45) is 0 Å². The van der Waals surface area contributed by atoms with E-state index >= 15 is 0 Å². The van der Waals surface area contributed by atoms with Gasteiger partial charge in [-0.05, 0) is 48.7 Å². The summed E-state index contributed by atoms with van der Waals surface area (Å²) < 4.78 is 5.38. The Balaban J connectivity index is 2.10. The van der Waals surface area contributed by atoms with Gasteiger partial charge in [0.05, 0.1) is 12.1 Å². The van der Waals surface area contributed by atoms with Crippen molar-refractivity contribution in [3.8, 4) is 5.75 Å². The average Bonchev–Trinajstić information content (AvgIpc) is 2.54. The summed E-state index contributed by atoms with van der Waals surface area (Å²) in [6.07, 6.45) is 2.27. The van der Waals surface area contributed by atoms with Crippen molar-refractivity contribution in [3.05, 3.63) is 64.2 Å². The molecular formula is C18H20ClNO. The van der Waals surface area contributed by atoms with E-state index in [1.807, 2.05) is 13.1 Å². The molecule has 0 saturated carbocycles. The zero-order valence-corrected chi connectivity index (χ0v) is 13.2. The summed E-state index contributed by atoms with van der Waals surface area (Å²) >= 11 is 6.17. The number of methoxy groups -OCH3 is 1. The lowest BCUT2D eigenvalue weighted by molar-refractivity contribution is 0.411. The lowest BCUT2D eigenvalue weighted by Gasteiger charge is -2.34. The third-order valence-electron chi connectivity index (χ3n) is 4.42. The first-order valence-electron chi connectivity index (χ1n) is 7.33. The van der Waals surface area contributed by atoms with Gasteiger partial charge >= 0.3 is 0 Å². The van der Waals surface area contributed by atoms with Crippen LogP contribution in [-0.4, -0.2) is 20.2 Å². The van der Waals surface area contributed by atoms with Gasteiger partial charge in [-0.25, -0.2) is 0 Å². The van der Waals surface area contributed by atoms with Crippen molar-refractivity contribution in [1.82, 2.24) is 5.32 Å². The molecule has 1 unspecified atom stereocenters. The lowest BCUT2D eigenvalue weighted by Crippen LogP contribution is -2.36. The molecule has 2 nitrogen and oxygen atoms in total. The average molecular weight is 302 g/mol. The first kappa shape index (κ1) is 14.4. The number of hydrogen-bond donors (Lipinski definition) is 1. The molecule has 21 heavy (non-hydrogen) atoms. The second-order valence-electron chi connectivity index (χ2n) is 5.50. The maximum absolute atomic E-state index is 6.17. The van der Waals surface area contributed by atoms with Crippen LogP contribution in [-0.2, 0) is 6.42 Å². The second-order valence-corrected chi connectivity index (χ2v) is 5.91. The van der Waals surface area contributed by atoms with Crippen LogP contribution in [0.15, 0.2) is 42.5 Å². The molecule has 2 atom stereocenters. The third kappa shape index (κ3) is 2.66. The highest BCUT2D eigenvalue weighted by atomic mass is 35.5. The first-order valence-corrected chi connectivity index (χ1v) is 7.71. The van der Waals surface area contributed by atoms with E-state index in [0.29, 0.717) is 17.0 Å². The fraction of sp³-hybridized carbons (Fsp3) is 0.333. The van der Waals surface area contributed by atoms with Gasteiger partial charge in [0.1, 0.15) is 5.75 Å². The lowest BCUT2D eigenvalue weighted by atomic mass is 9.75. The molecule has 2 aromatic carbocycles. The molecule has 0 aliphatic heterocycles. The number of fused-ring (bicyclic) bond motifs is 1. The van der Waals surface area contributed by atoms with Crippen LogP contribution in [0.1, 0.15) is 29.0 Å². The number of rotatable bonds is 3. The maximum atomic E-state index is 6.17. The van der Waals surface area contributed by atoms with Gasteiger partial charge in [0, 0.05) is 12.0 Å². The normalized spacial score (nSPS) is 20.9. The largest absolute Gasteiger partial charge is 0.495 e. The van der Waals surface area contributed by atoms with Gasteiger partial charge in [-0.2, -0.15) is 0 Å². The van der Waals surface area contributed by atoms with Crippen LogP contribution in [0.4, 0.5) is 0 Å². The second kappa shape index (κ2) is 6.08. The summed E-state index contributed by atoms with van der Waals surface area (Å²) in [5.74, 6) is 1.08. The van der Waals surface area contributed by atoms with Crippen LogP contribution >= 0.6 is 11.6 Å². The summed E-state index contributed by atoms with van der Waals surface area (Å²) in [7, 11) is 3.70. The summed E-state index contributed by atoms with van der Waals surface area (Å²) in [4.78, 5) is 0. The Kier molecular flexibility index (Phi) is 4.18. The van der Waals surface area contributed by atoms with E-state index in [4.69, 9.17) is 16.3 Å². The van der Waals surface area contributed by atoms with E-state index < -0.39 is 0 Å². The van der Waals surface area contributed by atoms with Crippen molar-refractivity contribution in [2.45, 2.75) is 24.8 Å². The Bertz CT molecular complexity index is 641. The summed E-state index contributed by atoms with van der Waals surface area (Å²) in [6.45, 7) is 0. The molecule has 3 rings (SSSR count). The van der Waals surface area contributed by atoms with E-state index in [2.05, 4.69) is 41.7 Å². The van der Waals surface area contributed by atoms with Gasteiger partial charge in [0.15, 0.2) is 0 Å². The van der Waals surface area contributed by atoms with Crippen molar-refractivity contribution in [3.63, 3.8) is 0 Å². The molecule has 0 heterocycles. The van der Waals surface area contributed by atoms with Crippen molar-refractivity contribution in [1.29, 1.82) is 0 Å². The Morgan fingerprint density at radius 1 is 1.19 bits per heavy atom. The predicted molar refractivity (Wildman–Crippen MR) is 87.5 cm³/mol. The molecule has 0 aromatic heterocycles. The quantitative estimate of drug-likeness (QED) is 0.924. The van der Waals surface area contributed by atoms with E-state index in [9.17, 15) is 0 Å². The third-order valence-corrected chi connectivity index (χ3v) is 4.73. The van der Waals surface area contributed by atoms with Crippen LogP contribution in [0.2, 0.25) is 5.02 Å². The van der Waals surface area contributed by atoms with Gasteiger partial charge in [-0.15, -0.1) is 0 Å². The molecule has 0 fully saturated rings. The van der Waals surface area contributed by atoms with Crippen LogP contribution < -0.4 is 10.1 Å². The molecule has 0 bridgehead atoms. The highest BCUT2D eigenvalue weighted by Gasteiger charge is 2.30. The maximum Gasteiger partial charge on any atom is 0.137 e. The Hall–Kier alpha value is -1.51. The molecule has 2 aromatic rings. The number of ether oxygens (including phenoxy) is 1. The zero-order chi connectivity index (χ0) is 14.8. The monoisotopic (exact) mass is 301 g/mol. The summed E-state index contributed by atoms with van der Waals surface area (Å²) in [6, 6.07) is 15.3. The minimum absolute atomic E-state index is 0.339. The Labute approximate surface area is 131 Å². The van der Waals surface area contributed by atoms with Gasteiger partial charge in [-0.3, -0.25) is 0 Å². The van der Waals surface area contributed by atoms with Gasteiger partial charge < -0.3 is 10.1 Å². The minimum Gasteiger partial charge on any atom is -0.495 e. The molecule has 0 spiro atoms. The minimum atomic E-state index is 0.339. The van der Waals surface area contributed by atoms with Gasteiger partial charge in [0.25, 0.3) is 0 Å². The van der Waals surface area contributed by atoms with Gasteiger partial charge in [0.2, 0.25) is 0 Å². The summed E-state index contributed by atoms with van der Waals surface area (Å²) in [5, 5.41) is 4.13. The number of aryl methyl sites for hydroxylation is 1. The van der Waals surface area contributed by atoms with E-state index in [1.165, 1.54) is 16.7 Å². The van der Waals surface area contributed by atoms with E-state index in [-0.39, 0.29) is 0 Å². The highest BCUT2D eigenvalue weighted by molar-refractivity contribution is 6.32. The smallest absolute Gasteiger partial charge is 0.137 e. The van der Waals surface area contributed by atoms with Crippen molar-refractivity contribution in [2.75, 3.05) is 14.2 Å². The zero-order valence-electron chi connectivity index (χ0n) is 12.4. The molecule has 1 aliphatic carbocycles. The topological polar surface area (TPSA) is 21.3 Å². The number of benzene rings is 2. The number of nitrogens with one attached hydrogen (secondary N) is 1. The Morgan fingerprint density at radius 2 is 2.00 bits per heavy atom. The SMILES string of the molecule is CN[C@H]1CCc2ccccc2C1c1ccc(Cl)c(OC)c1. The molecular weight excluding hydrogens is 282 g/mol. The standard InChI is InChI=1S/C18H20ClNO/c1-20-16-10-8-12-5-3-4-6-14(12)18(16)13-7-9-15(19)17(11-13)21-2/h3-7,9,11,16,18,20H,8,10H2,1-2H3/t16-,18?/m0/s1. The summed E-state index contributed by atoms with van der Waals surface area (Å²) in [5.41, 5.74) is 4.11. The molecule has 0 saturated heterocycles. The molecule has 1 N–H and O–H groups in total.